The maximum Gasteiger partial charge on any atom is 0.168 e. The first-order chi connectivity index (χ1) is 7.19. The predicted molar refractivity (Wildman–Crippen MR) is 59.5 cm³/mol. The van der Waals surface area contributed by atoms with Gasteiger partial charge in [-0.15, -0.1) is 0 Å². The van der Waals surface area contributed by atoms with Gasteiger partial charge in [0, 0.05) is 6.04 Å². The van der Waals surface area contributed by atoms with Crippen molar-refractivity contribution in [2.24, 2.45) is 5.73 Å². The fourth-order valence-corrected chi connectivity index (χ4v) is 1.63. The van der Waals surface area contributed by atoms with Gasteiger partial charge in [-0.25, -0.2) is 4.39 Å². The Labute approximate surface area is 90.2 Å². The van der Waals surface area contributed by atoms with Crippen molar-refractivity contribution in [3.63, 3.8) is 0 Å². The van der Waals surface area contributed by atoms with Crippen LogP contribution in [0.15, 0.2) is 18.2 Å². The van der Waals surface area contributed by atoms with Crippen LogP contribution in [0.3, 0.4) is 0 Å². The molecule has 0 spiro atoms. The average molecular weight is 211 g/mol. The molecule has 0 saturated carbocycles. The molecule has 1 aromatic rings. The summed E-state index contributed by atoms with van der Waals surface area (Å²) in [6, 6.07) is 5.18. The summed E-state index contributed by atoms with van der Waals surface area (Å²) < 4.78 is 18.6. The van der Waals surface area contributed by atoms with E-state index in [9.17, 15) is 4.39 Å². The van der Waals surface area contributed by atoms with E-state index >= 15 is 0 Å². The molecule has 0 fully saturated rings. The summed E-state index contributed by atoms with van der Waals surface area (Å²) >= 11 is 0. The van der Waals surface area contributed by atoms with Crippen LogP contribution >= 0.6 is 0 Å². The number of halogens is 1. The Morgan fingerprint density at radius 1 is 1.47 bits per heavy atom. The van der Waals surface area contributed by atoms with E-state index in [1.807, 2.05) is 0 Å². The molecule has 0 aliphatic carbocycles. The Kier molecular flexibility index (Phi) is 4.56. The number of methoxy groups -OCH3 is 1. The highest BCUT2D eigenvalue weighted by Gasteiger charge is 2.11. The van der Waals surface area contributed by atoms with Crippen LogP contribution in [0.25, 0.3) is 0 Å². The smallest absolute Gasteiger partial charge is 0.168 e. The zero-order valence-corrected chi connectivity index (χ0v) is 9.29. The molecule has 0 heterocycles. The van der Waals surface area contributed by atoms with Crippen LogP contribution in [-0.2, 0) is 6.42 Å². The monoisotopic (exact) mass is 211 g/mol. The molecule has 0 aliphatic heterocycles. The zero-order chi connectivity index (χ0) is 11.3. The SMILES string of the molecule is CCCC(N)Cc1cccc(OC)c1F. The normalized spacial score (nSPS) is 12.5. The van der Waals surface area contributed by atoms with E-state index in [4.69, 9.17) is 10.5 Å². The highest BCUT2D eigenvalue weighted by atomic mass is 19.1. The van der Waals surface area contributed by atoms with Gasteiger partial charge in [-0.3, -0.25) is 0 Å². The number of hydrogen-bond donors (Lipinski definition) is 1. The molecular weight excluding hydrogens is 193 g/mol. The molecule has 15 heavy (non-hydrogen) atoms. The molecule has 0 aromatic heterocycles. The Bertz CT molecular complexity index is 314. The Balaban J connectivity index is 2.76. The molecule has 1 aromatic carbocycles. The molecule has 3 heteroatoms. The van der Waals surface area contributed by atoms with E-state index < -0.39 is 0 Å². The first-order valence-electron chi connectivity index (χ1n) is 5.26. The molecule has 0 bridgehead atoms. The van der Waals surface area contributed by atoms with Crippen molar-refractivity contribution in [2.75, 3.05) is 7.11 Å². The topological polar surface area (TPSA) is 35.2 Å². The lowest BCUT2D eigenvalue weighted by Crippen LogP contribution is -2.22. The van der Waals surface area contributed by atoms with Gasteiger partial charge in [-0.05, 0) is 24.5 Å². The van der Waals surface area contributed by atoms with Gasteiger partial charge < -0.3 is 10.5 Å². The number of rotatable bonds is 5. The van der Waals surface area contributed by atoms with E-state index in [2.05, 4.69) is 6.92 Å². The van der Waals surface area contributed by atoms with Crippen LogP contribution in [-0.4, -0.2) is 13.2 Å². The largest absolute Gasteiger partial charge is 0.494 e. The van der Waals surface area contributed by atoms with Crippen LogP contribution in [0.2, 0.25) is 0 Å². The lowest BCUT2D eigenvalue weighted by Gasteiger charge is -2.12. The maximum absolute atomic E-state index is 13.7. The third-order valence-corrected chi connectivity index (χ3v) is 2.40. The van der Waals surface area contributed by atoms with E-state index in [0.29, 0.717) is 12.0 Å². The second-order valence-corrected chi connectivity index (χ2v) is 3.69. The molecule has 0 saturated heterocycles. The lowest BCUT2D eigenvalue weighted by atomic mass is 10.0. The lowest BCUT2D eigenvalue weighted by molar-refractivity contribution is 0.383. The molecule has 0 amide bonds. The van der Waals surface area contributed by atoms with Gasteiger partial charge in [-0.2, -0.15) is 0 Å². The fourth-order valence-electron chi connectivity index (χ4n) is 1.63. The van der Waals surface area contributed by atoms with Gasteiger partial charge in [0.05, 0.1) is 7.11 Å². The highest BCUT2D eigenvalue weighted by molar-refractivity contribution is 5.31. The van der Waals surface area contributed by atoms with Crippen molar-refractivity contribution < 1.29 is 9.13 Å². The van der Waals surface area contributed by atoms with Crippen LogP contribution in [0, 0.1) is 5.82 Å². The molecule has 1 rings (SSSR count). The molecule has 2 N–H and O–H groups in total. The summed E-state index contributed by atoms with van der Waals surface area (Å²) in [7, 11) is 1.47. The van der Waals surface area contributed by atoms with E-state index in [-0.39, 0.29) is 17.6 Å². The van der Waals surface area contributed by atoms with Crippen LogP contribution in [0.4, 0.5) is 4.39 Å². The van der Waals surface area contributed by atoms with Gasteiger partial charge in [-0.1, -0.05) is 25.5 Å². The summed E-state index contributed by atoms with van der Waals surface area (Å²) in [5.41, 5.74) is 6.50. The van der Waals surface area contributed by atoms with Crippen molar-refractivity contribution >= 4 is 0 Å². The van der Waals surface area contributed by atoms with Crippen LogP contribution in [0.1, 0.15) is 25.3 Å². The summed E-state index contributed by atoms with van der Waals surface area (Å²) in [6.07, 6.45) is 2.50. The van der Waals surface area contributed by atoms with Crippen molar-refractivity contribution in [3.05, 3.63) is 29.6 Å². The Morgan fingerprint density at radius 3 is 2.80 bits per heavy atom. The summed E-state index contributed by atoms with van der Waals surface area (Å²) in [6.45, 7) is 2.07. The second-order valence-electron chi connectivity index (χ2n) is 3.69. The number of benzene rings is 1. The molecule has 0 radical (unpaired) electrons. The number of hydrogen-bond acceptors (Lipinski definition) is 2. The highest BCUT2D eigenvalue weighted by Crippen LogP contribution is 2.21. The molecular formula is C12H18FNO. The number of nitrogens with two attached hydrogens (primary N) is 1. The van der Waals surface area contributed by atoms with Crippen molar-refractivity contribution in [1.29, 1.82) is 0 Å². The van der Waals surface area contributed by atoms with E-state index in [1.54, 1.807) is 18.2 Å². The number of ether oxygens (including phenoxy) is 1. The van der Waals surface area contributed by atoms with Gasteiger partial charge in [0.15, 0.2) is 11.6 Å². The first-order valence-corrected chi connectivity index (χ1v) is 5.26. The Morgan fingerprint density at radius 2 is 2.20 bits per heavy atom. The third-order valence-electron chi connectivity index (χ3n) is 2.40. The van der Waals surface area contributed by atoms with Gasteiger partial charge in [0.1, 0.15) is 0 Å². The molecule has 2 nitrogen and oxygen atoms in total. The van der Waals surface area contributed by atoms with Crippen molar-refractivity contribution in [1.82, 2.24) is 0 Å². The Hall–Kier alpha value is -1.09. The minimum Gasteiger partial charge on any atom is -0.494 e. The third kappa shape index (κ3) is 3.20. The second kappa shape index (κ2) is 5.71. The first kappa shape index (κ1) is 12.0. The summed E-state index contributed by atoms with van der Waals surface area (Å²) in [4.78, 5) is 0. The van der Waals surface area contributed by atoms with Crippen molar-refractivity contribution in [3.8, 4) is 5.75 Å². The van der Waals surface area contributed by atoms with Gasteiger partial charge in [0.2, 0.25) is 0 Å². The molecule has 84 valence electrons. The fraction of sp³-hybridized carbons (Fsp3) is 0.500. The van der Waals surface area contributed by atoms with Crippen LogP contribution in [0.5, 0.6) is 5.75 Å². The van der Waals surface area contributed by atoms with Gasteiger partial charge in [0.25, 0.3) is 0 Å². The minimum absolute atomic E-state index is 0.0246. The summed E-state index contributed by atoms with van der Waals surface area (Å²) in [5.74, 6) is 0.00255. The summed E-state index contributed by atoms with van der Waals surface area (Å²) in [5, 5.41) is 0. The van der Waals surface area contributed by atoms with Crippen LogP contribution < -0.4 is 10.5 Å². The van der Waals surface area contributed by atoms with E-state index in [1.165, 1.54) is 7.11 Å². The van der Waals surface area contributed by atoms with Crippen molar-refractivity contribution in [2.45, 2.75) is 32.2 Å². The van der Waals surface area contributed by atoms with Gasteiger partial charge >= 0.3 is 0 Å². The minimum atomic E-state index is -0.286. The molecule has 0 aliphatic rings. The maximum atomic E-state index is 13.7. The zero-order valence-electron chi connectivity index (χ0n) is 9.29. The quantitative estimate of drug-likeness (QED) is 0.812. The van der Waals surface area contributed by atoms with E-state index in [0.717, 1.165) is 12.8 Å². The standard InChI is InChI=1S/C12H18FNO/c1-3-5-10(14)8-9-6-4-7-11(15-2)12(9)13/h4,6-7,10H,3,5,8,14H2,1-2H3. The molecule has 1 unspecified atom stereocenters. The average Bonchev–Trinajstić information content (AvgIpc) is 2.21. The predicted octanol–water partition coefficient (Wildman–Crippen LogP) is 2.50. The molecule has 1 atom stereocenters.